The number of nitro groups is 1. The molecular formula is C10H15N5O3. The molecule has 0 radical (unpaired) electrons. The van der Waals surface area contributed by atoms with Crippen molar-refractivity contribution in [2.45, 2.75) is 19.4 Å². The number of aliphatic hydroxyl groups is 1. The zero-order valence-corrected chi connectivity index (χ0v) is 10.3. The van der Waals surface area contributed by atoms with Gasteiger partial charge in [-0.15, -0.1) is 0 Å². The van der Waals surface area contributed by atoms with Gasteiger partial charge in [-0.2, -0.15) is 4.98 Å². The number of aryl methyl sites for hydroxylation is 1. The summed E-state index contributed by atoms with van der Waals surface area (Å²) >= 11 is 0. The minimum atomic E-state index is -0.477. The highest BCUT2D eigenvalue weighted by molar-refractivity contribution is 5.62. The van der Waals surface area contributed by atoms with Crippen molar-refractivity contribution in [2.24, 2.45) is 0 Å². The van der Waals surface area contributed by atoms with Crippen molar-refractivity contribution in [3.8, 4) is 0 Å². The van der Waals surface area contributed by atoms with Gasteiger partial charge in [0.2, 0.25) is 11.8 Å². The number of β-amino-alcohol motifs (C(OH)–C–C–N with tert-alkyl or cyclic N) is 1. The van der Waals surface area contributed by atoms with Gasteiger partial charge in [-0.25, -0.2) is 4.98 Å². The van der Waals surface area contributed by atoms with Gasteiger partial charge in [0.25, 0.3) is 0 Å². The van der Waals surface area contributed by atoms with Gasteiger partial charge in [0.1, 0.15) is 5.69 Å². The smallest absolute Gasteiger partial charge is 0.332 e. The van der Waals surface area contributed by atoms with E-state index in [2.05, 4.69) is 15.3 Å². The van der Waals surface area contributed by atoms with Crippen LogP contribution in [0.25, 0.3) is 0 Å². The second-order valence-electron chi connectivity index (χ2n) is 4.20. The van der Waals surface area contributed by atoms with Crippen molar-refractivity contribution in [3.63, 3.8) is 0 Å². The lowest BCUT2D eigenvalue weighted by molar-refractivity contribution is -0.385. The van der Waals surface area contributed by atoms with Crippen LogP contribution in [0.1, 0.15) is 12.1 Å². The molecule has 1 aliphatic rings. The standard InChI is InChI=1S/C10H15N5O3/c1-6-8(15(17)18)9(13-10(11-2)12-6)14-4-3-7(16)5-14/h7,16H,3-5H2,1-2H3,(H,11,12,13). The number of nitrogens with one attached hydrogen (secondary N) is 1. The van der Waals surface area contributed by atoms with Crippen LogP contribution in [-0.2, 0) is 0 Å². The van der Waals surface area contributed by atoms with Crippen molar-refractivity contribution in [2.75, 3.05) is 30.4 Å². The summed E-state index contributed by atoms with van der Waals surface area (Å²) in [6.07, 6.45) is 0.132. The molecule has 8 nitrogen and oxygen atoms in total. The lowest BCUT2D eigenvalue weighted by atomic mass is 10.3. The fourth-order valence-corrected chi connectivity index (χ4v) is 2.03. The Balaban J connectivity index is 2.48. The molecule has 1 aromatic rings. The van der Waals surface area contributed by atoms with E-state index in [-0.39, 0.29) is 11.5 Å². The van der Waals surface area contributed by atoms with Gasteiger partial charge in [0, 0.05) is 20.1 Å². The van der Waals surface area contributed by atoms with E-state index >= 15 is 0 Å². The van der Waals surface area contributed by atoms with Crippen LogP contribution < -0.4 is 10.2 Å². The first-order chi connectivity index (χ1) is 8.52. The minimum absolute atomic E-state index is 0.0944. The van der Waals surface area contributed by atoms with Gasteiger partial charge in [0.15, 0.2) is 0 Å². The average Bonchev–Trinajstić information content (AvgIpc) is 2.74. The van der Waals surface area contributed by atoms with Crippen LogP contribution in [0, 0.1) is 17.0 Å². The van der Waals surface area contributed by atoms with Crippen molar-refractivity contribution in [3.05, 3.63) is 15.8 Å². The van der Waals surface area contributed by atoms with Crippen LogP contribution in [0.4, 0.5) is 17.5 Å². The normalized spacial score (nSPS) is 19.1. The van der Waals surface area contributed by atoms with E-state index in [0.29, 0.717) is 31.2 Å². The maximum Gasteiger partial charge on any atom is 0.332 e. The molecule has 1 aromatic heterocycles. The highest BCUT2D eigenvalue weighted by atomic mass is 16.6. The van der Waals surface area contributed by atoms with Gasteiger partial charge in [-0.1, -0.05) is 0 Å². The molecule has 2 rings (SSSR count). The van der Waals surface area contributed by atoms with Crippen molar-refractivity contribution < 1.29 is 10.0 Å². The Hall–Kier alpha value is -1.96. The minimum Gasteiger partial charge on any atom is -0.391 e. The Morgan fingerprint density at radius 3 is 2.78 bits per heavy atom. The van der Waals surface area contributed by atoms with Gasteiger partial charge >= 0.3 is 5.69 Å². The second kappa shape index (κ2) is 4.73. The van der Waals surface area contributed by atoms with E-state index in [4.69, 9.17) is 0 Å². The van der Waals surface area contributed by atoms with Crippen LogP contribution in [0.5, 0.6) is 0 Å². The van der Waals surface area contributed by atoms with E-state index in [1.54, 1.807) is 18.9 Å². The molecule has 1 saturated heterocycles. The first-order valence-electron chi connectivity index (χ1n) is 5.66. The van der Waals surface area contributed by atoms with E-state index in [1.165, 1.54) is 0 Å². The van der Waals surface area contributed by atoms with E-state index in [9.17, 15) is 15.2 Å². The van der Waals surface area contributed by atoms with Gasteiger partial charge in [0.05, 0.1) is 11.0 Å². The predicted molar refractivity (Wildman–Crippen MR) is 65.8 cm³/mol. The Morgan fingerprint density at radius 1 is 1.56 bits per heavy atom. The Bertz CT molecular complexity index is 479. The molecule has 1 atom stereocenters. The van der Waals surface area contributed by atoms with Crippen LogP contribution >= 0.6 is 0 Å². The summed E-state index contributed by atoms with van der Waals surface area (Å²) in [5, 5.41) is 23.4. The topological polar surface area (TPSA) is 104 Å². The highest BCUT2D eigenvalue weighted by Crippen LogP contribution is 2.31. The predicted octanol–water partition coefficient (Wildman–Crippen LogP) is 0.306. The summed E-state index contributed by atoms with van der Waals surface area (Å²) in [6.45, 7) is 2.50. The third-order valence-electron chi connectivity index (χ3n) is 2.91. The second-order valence-corrected chi connectivity index (χ2v) is 4.20. The number of aliphatic hydroxyl groups excluding tert-OH is 1. The molecule has 18 heavy (non-hydrogen) atoms. The molecule has 0 aromatic carbocycles. The van der Waals surface area contributed by atoms with Gasteiger partial charge in [-0.3, -0.25) is 10.1 Å². The zero-order chi connectivity index (χ0) is 13.3. The molecule has 1 aliphatic heterocycles. The third-order valence-corrected chi connectivity index (χ3v) is 2.91. The number of hydrogen-bond donors (Lipinski definition) is 2. The molecule has 0 aliphatic carbocycles. The lowest BCUT2D eigenvalue weighted by Crippen LogP contribution is -2.24. The van der Waals surface area contributed by atoms with Crippen LogP contribution in [-0.4, -0.2) is 46.2 Å². The molecule has 2 N–H and O–H groups in total. The number of aromatic nitrogens is 2. The van der Waals surface area contributed by atoms with Gasteiger partial charge < -0.3 is 15.3 Å². The maximum absolute atomic E-state index is 11.1. The summed E-state index contributed by atoms with van der Waals surface area (Å²) in [7, 11) is 1.66. The van der Waals surface area contributed by atoms with Crippen LogP contribution in [0.15, 0.2) is 0 Å². The molecule has 0 bridgehead atoms. The summed E-state index contributed by atoms with van der Waals surface area (Å²) in [5.74, 6) is 0.614. The Kier molecular flexibility index (Phi) is 3.28. The molecule has 0 saturated carbocycles. The van der Waals surface area contributed by atoms with E-state index in [1.807, 2.05) is 0 Å². The summed E-state index contributed by atoms with van der Waals surface area (Å²) < 4.78 is 0. The number of anilines is 2. The molecule has 98 valence electrons. The first kappa shape index (κ1) is 12.5. The highest BCUT2D eigenvalue weighted by Gasteiger charge is 2.30. The van der Waals surface area contributed by atoms with Crippen molar-refractivity contribution >= 4 is 17.5 Å². The van der Waals surface area contributed by atoms with Crippen molar-refractivity contribution in [1.82, 2.24) is 9.97 Å². The first-order valence-corrected chi connectivity index (χ1v) is 5.66. The van der Waals surface area contributed by atoms with Crippen LogP contribution in [0.2, 0.25) is 0 Å². The molecule has 1 unspecified atom stereocenters. The largest absolute Gasteiger partial charge is 0.391 e. The fraction of sp³-hybridized carbons (Fsp3) is 0.600. The fourth-order valence-electron chi connectivity index (χ4n) is 2.03. The van der Waals surface area contributed by atoms with E-state index in [0.717, 1.165) is 0 Å². The summed E-state index contributed by atoms with van der Waals surface area (Å²) in [6, 6.07) is 0. The monoisotopic (exact) mass is 253 g/mol. The zero-order valence-electron chi connectivity index (χ0n) is 10.3. The maximum atomic E-state index is 11.1. The molecule has 0 amide bonds. The van der Waals surface area contributed by atoms with Crippen molar-refractivity contribution in [1.29, 1.82) is 0 Å². The number of hydrogen-bond acceptors (Lipinski definition) is 7. The molecular weight excluding hydrogens is 238 g/mol. The Morgan fingerprint density at radius 2 is 2.28 bits per heavy atom. The molecule has 1 fully saturated rings. The lowest BCUT2D eigenvalue weighted by Gasteiger charge is -2.17. The molecule has 2 heterocycles. The summed E-state index contributed by atoms with van der Waals surface area (Å²) in [4.78, 5) is 20.5. The van der Waals surface area contributed by atoms with E-state index < -0.39 is 11.0 Å². The molecule has 0 spiro atoms. The Labute approximate surface area is 104 Å². The number of nitrogens with zero attached hydrogens (tertiary/aromatic N) is 4. The summed E-state index contributed by atoms with van der Waals surface area (Å²) in [5.41, 5.74) is 0.221. The molecule has 8 heteroatoms. The SMILES string of the molecule is CNc1nc(C)c([N+](=O)[O-])c(N2CCC(O)C2)n1. The number of rotatable bonds is 3. The third kappa shape index (κ3) is 2.19. The van der Waals surface area contributed by atoms with Gasteiger partial charge in [-0.05, 0) is 13.3 Å². The average molecular weight is 253 g/mol. The quantitative estimate of drug-likeness (QED) is 0.589. The van der Waals surface area contributed by atoms with Crippen LogP contribution in [0.3, 0.4) is 0 Å².